The maximum atomic E-state index is 9.03. The van der Waals surface area contributed by atoms with Crippen molar-refractivity contribution in [3.05, 3.63) is 29.8 Å². The van der Waals surface area contributed by atoms with Crippen LogP contribution in [0.3, 0.4) is 0 Å². The van der Waals surface area contributed by atoms with Crippen molar-refractivity contribution in [1.29, 1.82) is 0 Å². The second-order valence-electron chi connectivity index (χ2n) is 13.8. The van der Waals surface area contributed by atoms with Crippen LogP contribution < -0.4 is 4.74 Å². The molecular formula is C37H69BrO2. The Morgan fingerprint density at radius 3 is 1.30 bits per heavy atom. The molecule has 0 aromatic heterocycles. The maximum absolute atomic E-state index is 9.03. The molecule has 0 saturated heterocycles. The lowest BCUT2D eigenvalue weighted by atomic mass is 9.93. The van der Waals surface area contributed by atoms with Crippen LogP contribution in [0.1, 0.15) is 151 Å². The molecule has 0 fully saturated rings. The minimum atomic E-state index is 0.0905. The van der Waals surface area contributed by atoms with E-state index < -0.39 is 0 Å². The van der Waals surface area contributed by atoms with E-state index in [4.69, 9.17) is 9.84 Å². The summed E-state index contributed by atoms with van der Waals surface area (Å²) in [5.74, 6) is 6.07. The Kier molecular flexibility index (Phi) is 25.8. The molecule has 0 amide bonds. The number of hydrogen-bond acceptors (Lipinski definition) is 2. The first kappa shape index (κ1) is 39.5. The van der Waals surface area contributed by atoms with Crippen molar-refractivity contribution in [2.24, 2.45) is 35.5 Å². The monoisotopic (exact) mass is 624 g/mol. The van der Waals surface area contributed by atoms with Gasteiger partial charge in [0, 0.05) is 5.33 Å². The minimum Gasteiger partial charge on any atom is -0.494 e. The van der Waals surface area contributed by atoms with E-state index in [9.17, 15) is 0 Å². The van der Waals surface area contributed by atoms with E-state index >= 15 is 0 Å². The van der Waals surface area contributed by atoms with Crippen molar-refractivity contribution in [3.63, 3.8) is 0 Å². The molecule has 0 radical (unpaired) electrons. The highest BCUT2D eigenvalue weighted by Gasteiger charge is 2.08. The molecule has 0 aliphatic heterocycles. The fraction of sp³-hybridized carbons (Fsp3) is 0.838. The lowest BCUT2D eigenvalue weighted by Gasteiger charge is -2.15. The van der Waals surface area contributed by atoms with E-state index in [0.29, 0.717) is 0 Å². The predicted molar refractivity (Wildman–Crippen MR) is 183 cm³/mol. The van der Waals surface area contributed by atoms with Crippen molar-refractivity contribution >= 4 is 15.9 Å². The number of aliphatic hydroxyl groups excluding tert-OH is 1. The number of alkyl halides is 1. The van der Waals surface area contributed by atoms with Crippen LogP contribution in [0.15, 0.2) is 24.3 Å². The molecule has 1 N–H and O–H groups in total. The van der Waals surface area contributed by atoms with Crippen LogP contribution in [-0.2, 0) is 6.61 Å². The molecule has 0 saturated carbocycles. The standard InChI is InChI=1S/C22H38O2.C15H31Br/c1-18(2)7-5-8-19(3)9-6-10-20(4)15-16-24-22-13-11-21(17-23)12-14-22;1-13(2)7-5-8-14(3)9-6-10-15(4)11-12-16/h11-14,18-20,23H,5-10,15-17H2,1-4H3;13-15H,5-12H2,1-4H3. The molecule has 2 nitrogen and oxygen atoms in total. The molecule has 0 spiro atoms. The zero-order valence-corrected chi connectivity index (χ0v) is 29.6. The van der Waals surface area contributed by atoms with Gasteiger partial charge in [-0.2, -0.15) is 0 Å². The van der Waals surface area contributed by atoms with Crippen molar-refractivity contribution in [2.75, 3.05) is 11.9 Å². The first-order valence-corrected chi connectivity index (χ1v) is 18.1. The van der Waals surface area contributed by atoms with Gasteiger partial charge in [-0.1, -0.05) is 161 Å². The Morgan fingerprint density at radius 1 is 0.550 bits per heavy atom. The van der Waals surface area contributed by atoms with Crippen molar-refractivity contribution in [1.82, 2.24) is 0 Å². The van der Waals surface area contributed by atoms with Crippen LogP contribution >= 0.6 is 15.9 Å². The largest absolute Gasteiger partial charge is 0.494 e. The second kappa shape index (κ2) is 26.1. The van der Waals surface area contributed by atoms with Gasteiger partial charge < -0.3 is 9.84 Å². The molecule has 4 unspecified atom stereocenters. The molecule has 0 bridgehead atoms. The topological polar surface area (TPSA) is 29.5 Å². The maximum Gasteiger partial charge on any atom is 0.119 e. The molecular weight excluding hydrogens is 556 g/mol. The highest BCUT2D eigenvalue weighted by molar-refractivity contribution is 9.09. The summed E-state index contributed by atoms with van der Waals surface area (Å²) in [5, 5.41) is 10.2. The van der Waals surface area contributed by atoms with Gasteiger partial charge in [0.25, 0.3) is 0 Å². The van der Waals surface area contributed by atoms with Gasteiger partial charge >= 0.3 is 0 Å². The van der Waals surface area contributed by atoms with Gasteiger partial charge in [0.1, 0.15) is 5.75 Å². The first-order chi connectivity index (χ1) is 19.1. The van der Waals surface area contributed by atoms with Crippen LogP contribution in [0.4, 0.5) is 0 Å². The Labute approximate surface area is 260 Å². The minimum absolute atomic E-state index is 0.0905. The summed E-state index contributed by atoms with van der Waals surface area (Å²) in [6.07, 6.45) is 19.2. The number of aliphatic hydroxyl groups is 1. The fourth-order valence-corrected chi connectivity index (χ4v) is 5.99. The van der Waals surface area contributed by atoms with E-state index in [2.05, 4.69) is 71.3 Å². The Hall–Kier alpha value is -0.540. The third kappa shape index (κ3) is 25.2. The summed E-state index contributed by atoms with van der Waals surface area (Å²) in [4.78, 5) is 0. The van der Waals surface area contributed by atoms with Crippen LogP contribution in [-0.4, -0.2) is 17.0 Å². The van der Waals surface area contributed by atoms with Gasteiger partial charge in [-0.05, 0) is 66.0 Å². The van der Waals surface area contributed by atoms with Gasteiger partial charge in [0.15, 0.2) is 0 Å². The molecule has 0 aliphatic rings. The number of benzene rings is 1. The number of ether oxygens (including phenoxy) is 1. The van der Waals surface area contributed by atoms with Gasteiger partial charge in [-0.25, -0.2) is 0 Å². The van der Waals surface area contributed by atoms with Gasteiger partial charge in [-0.3, -0.25) is 0 Å². The normalized spacial score (nSPS) is 14.5. The molecule has 1 aromatic carbocycles. The SMILES string of the molecule is CC(C)CCCC(C)CCCC(C)CCBr.CC(C)CCCC(C)CCCC(C)CCOc1ccc(CO)cc1. The first-order valence-electron chi connectivity index (χ1n) is 17.0. The van der Waals surface area contributed by atoms with Crippen LogP contribution in [0, 0.1) is 35.5 Å². The number of hydrogen-bond donors (Lipinski definition) is 1. The quantitative estimate of drug-likeness (QED) is 0.123. The van der Waals surface area contributed by atoms with E-state index in [-0.39, 0.29) is 6.61 Å². The average Bonchev–Trinajstić information content (AvgIpc) is 2.89. The summed E-state index contributed by atoms with van der Waals surface area (Å²) >= 11 is 3.52. The van der Waals surface area contributed by atoms with Crippen molar-refractivity contribution in [2.45, 2.75) is 152 Å². The summed E-state index contributed by atoms with van der Waals surface area (Å²) in [6, 6.07) is 7.71. The van der Waals surface area contributed by atoms with Crippen LogP contribution in [0.2, 0.25) is 0 Å². The summed E-state index contributed by atoms with van der Waals surface area (Å²) < 4.78 is 5.80. The number of rotatable bonds is 23. The molecule has 40 heavy (non-hydrogen) atoms. The van der Waals surface area contributed by atoms with Crippen LogP contribution in [0.5, 0.6) is 5.75 Å². The molecule has 1 rings (SSSR count). The Balaban J connectivity index is 0.000000829. The van der Waals surface area contributed by atoms with Crippen molar-refractivity contribution < 1.29 is 9.84 Å². The third-order valence-electron chi connectivity index (χ3n) is 8.33. The van der Waals surface area contributed by atoms with E-state index in [0.717, 1.165) is 65.2 Å². The highest BCUT2D eigenvalue weighted by atomic mass is 79.9. The Morgan fingerprint density at radius 2 is 0.925 bits per heavy atom. The average molecular weight is 626 g/mol. The molecule has 1 aromatic rings. The third-order valence-corrected chi connectivity index (χ3v) is 8.79. The molecule has 0 aliphatic carbocycles. The summed E-state index contributed by atoms with van der Waals surface area (Å²) in [7, 11) is 0. The zero-order chi connectivity index (χ0) is 30.2. The zero-order valence-electron chi connectivity index (χ0n) is 28.0. The molecule has 3 heteroatoms. The van der Waals surface area contributed by atoms with E-state index in [1.165, 1.54) is 83.5 Å². The Bertz CT molecular complexity index is 657. The van der Waals surface area contributed by atoms with Gasteiger partial charge in [-0.15, -0.1) is 0 Å². The van der Waals surface area contributed by atoms with Crippen molar-refractivity contribution in [3.8, 4) is 5.75 Å². The lowest BCUT2D eigenvalue weighted by Crippen LogP contribution is -2.05. The van der Waals surface area contributed by atoms with E-state index in [1.54, 1.807) is 0 Å². The van der Waals surface area contributed by atoms with Crippen LogP contribution in [0.25, 0.3) is 0 Å². The number of halogens is 1. The van der Waals surface area contributed by atoms with Gasteiger partial charge in [0.2, 0.25) is 0 Å². The lowest BCUT2D eigenvalue weighted by molar-refractivity contribution is 0.272. The predicted octanol–water partition coefficient (Wildman–Crippen LogP) is 12.3. The van der Waals surface area contributed by atoms with Gasteiger partial charge in [0.05, 0.1) is 13.2 Å². The smallest absolute Gasteiger partial charge is 0.119 e. The van der Waals surface area contributed by atoms with E-state index in [1.807, 2.05) is 24.3 Å². The fourth-order valence-electron chi connectivity index (χ4n) is 5.21. The molecule has 236 valence electrons. The summed E-state index contributed by atoms with van der Waals surface area (Å²) in [6.45, 7) is 19.7. The molecule has 0 heterocycles. The molecule has 4 atom stereocenters. The summed E-state index contributed by atoms with van der Waals surface area (Å²) in [5.41, 5.74) is 0.929. The second-order valence-corrected chi connectivity index (χ2v) is 14.6. The highest BCUT2D eigenvalue weighted by Crippen LogP contribution is 2.22.